The van der Waals surface area contributed by atoms with Gasteiger partial charge in [0.25, 0.3) is 0 Å². The Kier molecular flexibility index (Phi) is 9.63. The maximum atomic E-state index is 15.0. The van der Waals surface area contributed by atoms with Gasteiger partial charge in [-0.2, -0.15) is 10.2 Å². The van der Waals surface area contributed by atoms with Crippen molar-refractivity contribution in [2.45, 2.75) is 38.0 Å². The zero-order valence-corrected chi connectivity index (χ0v) is 27.8. The highest BCUT2D eigenvalue weighted by atomic mass is 19.1. The Bertz CT molecular complexity index is 1920. The molecule has 0 amide bonds. The molecule has 3 aromatic carbocycles. The van der Waals surface area contributed by atoms with Gasteiger partial charge < -0.3 is 24.4 Å². The van der Waals surface area contributed by atoms with Crippen molar-refractivity contribution in [3.05, 3.63) is 113 Å². The lowest BCUT2D eigenvalue weighted by atomic mass is 9.87. The molecule has 262 valence electrons. The normalized spacial score (nSPS) is 20.0. The van der Waals surface area contributed by atoms with E-state index in [1.165, 1.54) is 34.0 Å². The predicted molar refractivity (Wildman–Crippen MR) is 183 cm³/mol. The second kappa shape index (κ2) is 14.4. The highest BCUT2D eigenvalue weighted by molar-refractivity contribution is 5.54. The summed E-state index contributed by atoms with van der Waals surface area (Å²) in [6.45, 7) is 6.26. The summed E-state index contributed by atoms with van der Waals surface area (Å²) in [7, 11) is 0. The Labute approximate surface area is 288 Å². The monoisotopic (exact) mass is 686 g/mol. The summed E-state index contributed by atoms with van der Waals surface area (Å²) in [5.41, 5.74) is 2.00. The summed E-state index contributed by atoms with van der Waals surface area (Å²) in [5.74, 6) is -0.558. The van der Waals surface area contributed by atoms with E-state index >= 15 is 0 Å². The van der Waals surface area contributed by atoms with Crippen molar-refractivity contribution < 1.29 is 23.4 Å². The number of aliphatic hydroxyl groups is 1. The molecule has 2 aliphatic heterocycles. The second-order valence-corrected chi connectivity index (χ2v) is 13.0. The van der Waals surface area contributed by atoms with Crippen molar-refractivity contribution in [2.75, 3.05) is 55.8 Å². The van der Waals surface area contributed by atoms with Crippen LogP contribution in [0.4, 0.5) is 20.2 Å². The molecule has 2 aliphatic rings. The molecule has 2 saturated heterocycles. The number of nitrogens with zero attached hydrogens (tertiary/aromatic N) is 8. The molecule has 14 heteroatoms. The maximum absolute atomic E-state index is 15.0. The second-order valence-electron chi connectivity index (χ2n) is 13.0. The minimum Gasteiger partial charge on any atom is -0.493 e. The molecule has 0 unspecified atom stereocenters. The maximum Gasteiger partial charge on any atom is 0.350 e. The molecule has 12 nitrogen and oxygen atoms in total. The van der Waals surface area contributed by atoms with Gasteiger partial charge in [0.1, 0.15) is 42.0 Å². The molecule has 3 atom stereocenters. The molecule has 2 fully saturated rings. The molecular weight excluding hydrogens is 646 g/mol. The van der Waals surface area contributed by atoms with Gasteiger partial charge in [-0.15, -0.1) is 0 Å². The number of aliphatic hydroxyl groups excluding tert-OH is 1. The average Bonchev–Trinajstić information content (AvgIpc) is 3.89. The van der Waals surface area contributed by atoms with Crippen molar-refractivity contribution in [2.24, 2.45) is 5.92 Å². The molecule has 5 aromatic rings. The zero-order chi connectivity index (χ0) is 34.7. The van der Waals surface area contributed by atoms with Crippen molar-refractivity contribution in [1.82, 2.24) is 29.1 Å². The van der Waals surface area contributed by atoms with Gasteiger partial charge in [0, 0.05) is 61.7 Å². The van der Waals surface area contributed by atoms with Gasteiger partial charge >= 0.3 is 5.69 Å². The Balaban J connectivity index is 0.921. The standard InChI is InChI=1S/C36H40F2N8O4/c1-26(12-17-47)46-35(48)45(25-41-46)31-5-3-29(4-6-31)42-13-15-43(16-14-42)30-7-9-32(10-8-30)49-20-27-19-36(50-21-27,22-44-24-39-23-40-44)33-11-2-28(37)18-34(33)38/h2-11,18,23-27,47H,12-17,19-22H2,1H3/t26-,27+,36-/m1/s1. The first-order chi connectivity index (χ1) is 24.3. The van der Waals surface area contributed by atoms with Gasteiger partial charge in [-0.25, -0.2) is 32.5 Å². The Morgan fingerprint density at radius 3 is 2.26 bits per heavy atom. The van der Waals surface area contributed by atoms with E-state index in [0.29, 0.717) is 31.6 Å². The van der Waals surface area contributed by atoms with Gasteiger partial charge in [0.2, 0.25) is 0 Å². The lowest BCUT2D eigenvalue weighted by Crippen LogP contribution is -2.46. The van der Waals surface area contributed by atoms with Crippen molar-refractivity contribution in [3.63, 3.8) is 0 Å². The smallest absolute Gasteiger partial charge is 0.350 e. The van der Waals surface area contributed by atoms with Gasteiger partial charge in [-0.3, -0.25) is 0 Å². The van der Waals surface area contributed by atoms with Crippen LogP contribution in [0.25, 0.3) is 5.69 Å². The van der Waals surface area contributed by atoms with Crippen LogP contribution in [0.3, 0.4) is 0 Å². The van der Waals surface area contributed by atoms with Crippen molar-refractivity contribution in [1.29, 1.82) is 0 Å². The number of halogens is 2. The van der Waals surface area contributed by atoms with Crippen LogP contribution in [0.1, 0.15) is 31.4 Å². The molecule has 1 N–H and O–H groups in total. The van der Waals surface area contributed by atoms with Crippen LogP contribution >= 0.6 is 0 Å². The lowest BCUT2D eigenvalue weighted by molar-refractivity contribution is -0.0206. The van der Waals surface area contributed by atoms with E-state index in [4.69, 9.17) is 9.47 Å². The largest absolute Gasteiger partial charge is 0.493 e. The third-order valence-corrected chi connectivity index (χ3v) is 9.64. The highest BCUT2D eigenvalue weighted by Gasteiger charge is 2.44. The van der Waals surface area contributed by atoms with E-state index in [-0.39, 0.29) is 30.8 Å². The SMILES string of the molecule is C[C@H](CCO)n1ncn(-c2ccc(N3CCN(c4ccc(OC[C@H]5CO[C@](Cn6cncn6)(c6ccc(F)cc6F)C5)cc4)CC3)cc2)c1=O. The number of hydrogen-bond donors (Lipinski definition) is 1. The minimum atomic E-state index is -1.02. The molecule has 0 spiro atoms. The van der Waals surface area contributed by atoms with Crippen LogP contribution < -0.4 is 20.2 Å². The summed E-state index contributed by atoms with van der Waals surface area (Å²) >= 11 is 0. The summed E-state index contributed by atoms with van der Waals surface area (Å²) in [6.07, 6.45) is 5.44. The molecule has 0 aliphatic carbocycles. The van der Waals surface area contributed by atoms with E-state index in [0.717, 1.165) is 55.1 Å². The molecule has 2 aromatic heterocycles. The topological polar surface area (TPSA) is 116 Å². The first kappa shape index (κ1) is 33.4. The highest BCUT2D eigenvalue weighted by Crippen LogP contribution is 2.42. The van der Waals surface area contributed by atoms with Crippen molar-refractivity contribution in [3.8, 4) is 11.4 Å². The fourth-order valence-corrected chi connectivity index (χ4v) is 6.91. The van der Waals surface area contributed by atoms with Crippen LogP contribution in [0, 0.1) is 17.6 Å². The fourth-order valence-electron chi connectivity index (χ4n) is 6.91. The fraction of sp³-hybridized carbons (Fsp3) is 0.389. The third-order valence-electron chi connectivity index (χ3n) is 9.64. The summed E-state index contributed by atoms with van der Waals surface area (Å²) in [4.78, 5) is 21.5. The molecule has 0 saturated carbocycles. The van der Waals surface area contributed by atoms with Crippen LogP contribution in [0.2, 0.25) is 0 Å². The van der Waals surface area contributed by atoms with E-state index in [9.17, 15) is 18.7 Å². The zero-order valence-electron chi connectivity index (χ0n) is 27.8. The number of piperazine rings is 1. The van der Waals surface area contributed by atoms with Crippen LogP contribution in [0.5, 0.6) is 5.75 Å². The summed E-state index contributed by atoms with van der Waals surface area (Å²) < 4.78 is 45.6. The van der Waals surface area contributed by atoms with E-state index in [1.807, 2.05) is 43.3 Å². The van der Waals surface area contributed by atoms with E-state index < -0.39 is 17.2 Å². The number of hydrogen-bond acceptors (Lipinski definition) is 9. The van der Waals surface area contributed by atoms with Gasteiger partial charge in [-0.1, -0.05) is 6.07 Å². The quantitative estimate of drug-likeness (QED) is 0.206. The predicted octanol–water partition coefficient (Wildman–Crippen LogP) is 4.18. The molecule has 7 rings (SSSR count). The van der Waals surface area contributed by atoms with E-state index in [1.54, 1.807) is 11.0 Å². The van der Waals surface area contributed by atoms with Crippen LogP contribution in [0.15, 0.2) is 90.5 Å². The van der Waals surface area contributed by atoms with Gasteiger partial charge in [0.05, 0.1) is 31.5 Å². The summed E-state index contributed by atoms with van der Waals surface area (Å²) in [5, 5.41) is 17.6. The lowest BCUT2D eigenvalue weighted by Gasteiger charge is -2.37. The van der Waals surface area contributed by atoms with Crippen LogP contribution in [-0.4, -0.2) is 80.2 Å². The number of aromatic nitrogens is 6. The van der Waals surface area contributed by atoms with E-state index in [2.05, 4.69) is 37.1 Å². The first-order valence-electron chi connectivity index (χ1n) is 16.8. The average molecular weight is 687 g/mol. The number of anilines is 2. The van der Waals surface area contributed by atoms with Gasteiger partial charge in [-0.05, 0) is 74.4 Å². The molecular formula is C36H40F2N8O4. The number of benzene rings is 3. The van der Waals surface area contributed by atoms with Gasteiger partial charge in [0.15, 0.2) is 0 Å². The number of ether oxygens (including phenoxy) is 2. The Morgan fingerprint density at radius 1 is 0.940 bits per heavy atom. The first-order valence-corrected chi connectivity index (χ1v) is 16.8. The number of rotatable bonds is 12. The minimum absolute atomic E-state index is 0.000490. The van der Waals surface area contributed by atoms with Crippen molar-refractivity contribution >= 4 is 11.4 Å². The molecule has 4 heterocycles. The van der Waals surface area contributed by atoms with Crippen LogP contribution in [-0.2, 0) is 16.9 Å². The molecule has 0 bridgehead atoms. The molecule has 50 heavy (non-hydrogen) atoms. The Hall–Kier alpha value is -5.08. The molecule has 0 radical (unpaired) electrons. The third kappa shape index (κ3) is 6.98. The Morgan fingerprint density at radius 2 is 1.62 bits per heavy atom. The summed E-state index contributed by atoms with van der Waals surface area (Å²) in [6, 6.07) is 19.4.